The van der Waals surface area contributed by atoms with E-state index >= 15 is 0 Å². The number of benzene rings is 1. The molecule has 26 heavy (non-hydrogen) atoms. The molecule has 1 aromatic carbocycles. The van der Waals surface area contributed by atoms with Gasteiger partial charge in [-0.1, -0.05) is 18.2 Å². The van der Waals surface area contributed by atoms with Crippen LogP contribution in [0.25, 0.3) is 11.0 Å². The number of Topliss-reactive ketones (excluding diaryl/α,β-unsaturated/α-hetero) is 1. The molecule has 0 unspecified atom stereocenters. The molecular formula is C19H16N2O4S. The number of amides is 3. The lowest BCUT2D eigenvalue weighted by Gasteiger charge is -2.18. The van der Waals surface area contributed by atoms with E-state index in [0.717, 1.165) is 15.2 Å². The van der Waals surface area contributed by atoms with Crippen LogP contribution in [0.5, 0.6) is 0 Å². The van der Waals surface area contributed by atoms with Crippen LogP contribution in [0.2, 0.25) is 0 Å². The molecule has 0 aliphatic carbocycles. The first-order valence-corrected chi connectivity index (χ1v) is 8.93. The zero-order valence-corrected chi connectivity index (χ0v) is 15.1. The molecule has 1 N–H and O–H groups in total. The molecule has 7 heteroatoms. The van der Waals surface area contributed by atoms with Crippen LogP contribution in [0.15, 0.2) is 46.9 Å². The van der Waals surface area contributed by atoms with Gasteiger partial charge in [-0.3, -0.25) is 14.5 Å². The van der Waals surface area contributed by atoms with E-state index in [1.165, 1.54) is 11.3 Å². The van der Waals surface area contributed by atoms with Gasteiger partial charge in [0.2, 0.25) is 0 Å². The smallest absolute Gasteiger partial charge is 0.325 e. The van der Waals surface area contributed by atoms with E-state index in [1.54, 1.807) is 25.1 Å². The number of rotatable bonds is 4. The lowest BCUT2D eigenvalue weighted by molar-refractivity contribution is -0.131. The third-order valence-corrected chi connectivity index (χ3v) is 5.55. The lowest BCUT2D eigenvalue weighted by atomic mass is 9.99. The molecule has 1 fully saturated rings. The largest absolute Gasteiger partial charge is 0.458 e. The van der Waals surface area contributed by atoms with Gasteiger partial charge < -0.3 is 9.73 Å². The van der Waals surface area contributed by atoms with Crippen LogP contribution >= 0.6 is 11.3 Å². The molecule has 1 atom stereocenters. The number of thiophene rings is 1. The fourth-order valence-corrected chi connectivity index (χ4v) is 3.84. The molecule has 0 bridgehead atoms. The van der Waals surface area contributed by atoms with Gasteiger partial charge in [0, 0.05) is 10.3 Å². The minimum Gasteiger partial charge on any atom is -0.458 e. The molecule has 1 aliphatic heterocycles. The van der Waals surface area contributed by atoms with E-state index in [9.17, 15) is 14.4 Å². The fourth-order valence-electron chi connectivity index (χ4n) is 3.04. The average Bonchev–Trinajstić information content (AvgIpc) is 3.29. The van der Waals surface area contributed by atoms with Crippen molar-refractivity contribution < 1.29 is 18.8 Å². The Labute approximate surface area is 153 Å². The third kappa shape index (κ3) is 2.52. The quantitative estimate of drug-likeness (QED) is 0.565. The Kier molecular flexibility index (Phi) is 3.69. The van der Waals surface area contributed by atoms with Crippen molar-refractivity contribution in [3.8, 4) is 0 Å². The number of nitrogens with zero attached hydrogens (tertiary/aromatic N) is 1. The van der Waals surface area contributed by atoms with E-state index < -0.39 is 17.5 Å². The van der Waals surface area contributed by atoms with Gasteiger partial charge in [0.1, 0.15) is 11.3 Å². The molecule has 6 nitrogen and oxygen atoms in total. The molecule has 3 aromatic rings. The van der Waals surface area contributed by atoms with E-state index in [1.807, 2.05) is 31.2 Å². The number of urea groups is 1. The minimum atomic E-state index is -1.33. The van der Waals surface area contributed by atoms with E-state index in [0.29, 0.717) is 16.2 Å². The van der Waals surface area contributed by atoms with Crippen molar-refractivity contribution in [2.75, 3.05) is 6.54 Å². The van der Waals surface area contributed by atoms with Gasteiger partial charge in [0.05, 0.1) is 11.4 Å². The number of imide groups is 1. The molecule has 0 spiro atoms. The Morgan fingerprint density at radius 2 is 2.00 bits per heavy atom. The number of hydrogen-bond acceptors (Lipinski definition) is 5. The molecule has 0 saturated carbocycles. The number of hydrogen-bond donors (Lipinski definition) is 1. The maximum Gasteiger partial charge on any atom is 0.325 e. The number of carbonyl (C=O) groups excluding carboxylic acids is 3. The van der Waals surface area contributed by atoms with Gasteiger partial charge >= 0.3 is 6.03 Å². The lowest BCUT2D eigenvalue weighted by Crippen LogP contribution is -2.41. The summed E-state index contributed by atoms with van der Waals surface area (Å²) in [5.74, 6) is -0.414. The summed E-state index contributed by atoms with van der Waals surface area (Å²) in [6, 6.07) is 12.0. The number of para-hydroxylation sites is 1. The van der Waals surface area contributed by atoms with Crippen molar-refractivity contribution in [3.05, 3.63) is 58.0 Å². The predicted molar refractivity (Wildman–Crippen MR) is 97.2 cm³/mol. The molecule has 132 valence electrons. The van der Waals surface area contributed by atoms with Crippen molar-refractivity contribution in [1.29, 1.82) is 0 Å². The first-order chi connectivity index (χ1) is 12.4. The number of carbonyl (C=O) groups is 3. The highest BCUT2D eigenvalue weighted by Gasteiger charge is 2.51. The number of fused-ring (bicyclic) bond motifs is 1. The zero-order chi connectivity index (χ0) is 18.5. The second kappa shape index (κ2) is 5.81. The standard InChI is InChI=1S/C19H16N2O4S/c1-11-7-8-15(26-11)13(22)10-21-17(23)19(2,20-18(21)24)16-9-12-5-3-4-6-14(12)25-16/h3-9H,10H2,1-2H3,(H,20,24)/t19-/m1/s1. The summed E-state index contributed by atoms with van der Waals surface area (Å²) in [6.45, 7) is 3.19. The summed E-state index contributed by atoms with van der Waals surface area (Å²) in [5.41, 5.74) is -0.698. The Morgan fingerprint density at radius 3 is 2.69 bits per heavy atom. The zero-order valence-electron chi connectivity index (χ0n) is 14.2. The second-order valence-corrected chi connectivity index (χ2v) is 7.72. The number of nitrogens with one attached hydrogen (secondary N) is 1. The van der Waals surface area contributed by atoms with Crippen LogP contribution < -0.4 is 5.32 Å². The minimum absolute atomic E-state index is 0.263. The molecule has 3 amide bonds. The van der Waals surface area contributed by atoms with Crippen molar-refractivity contribution in [1.82, 2.24) is 10.2 Å². The summed E-state index contributed by atoms with van der Waals surface area (Å²) >= 11 is 1.34. The first-order valence-electron chi connectivity index (χ1n) is 8.11. The van der Waals surface area contributed by atoms with Crippen LogP contribution in [0.1, 0.15) is 27.2 Å². The number of ketones is 1. The number of furan rings is 1. The summed E-state index contributed by atoms with van der Waals surface area (Å²) < 4.78 is 5.77. The highest BCUT2D eigenvalue weighted by Crippen LogP contribution is 2.33. The molecular weight excluding hydrogens is 352 g/mol. The SMILES string of the molecule is Cc1ccc(C(=O)CN2C(=O)N[C@](C)(c3cc4ccccc4o3)C2=O)s1. The number of aryl methyl sites for hydroxylation is 1. The maximum absolute atomic E-state index is 12.9. The van der Waals surface area contributed by atoms with Gasteiger partial charge in [0.15, 0.2) is 11.3 Å². The molecule has 4 rings (SSSR count). The van der Waals surface area contributed by atoms with Crippen LogP contribution in [0.4, 0.5) is 4.79 Å². The van der Waals surface area contributed by atoms with Gasteiger partial charge in [-0.2, -0.15) is 0 Å². The van der Waals surface area contributed by atoms with Crippen LogP contribution in [0, 0.1) is 6.92 Å². The Hall–Kier alpha value is -2.93. The van der Waals surface area contributed by atoms with Gasteiger partial charge in [-0.15, -0.1) is 11.3 Å². The van der Waals surface area contributed by atoms with Crippen LogP contribution in [0.3, 0.4) is 0 Å². The topological polar surface area (TPSA) is 79.6 Å². The maximum atomic E-state index is 12.9. The molecule has 3 heterocycles. The van der Waals surface area contributed by atoms with Crippen molar-refractivity contribution in [2.24, 2.45) is 0 Å². The van der Waals surface area contributed by atoms with Gasteiger partial charge in [-0.25, -0.2) is 4.79 Å². The second-order valence-electron chi connectivity index (χ2n) is 6.43. The molecule has 1 aliphatic rings. The summed E-state index contributed by atoms with van der Waals surface area (Å²) in [5, 5.41) is 3.51. The van der Waals surface area contributed by atoms with Crippen molar-refractivity contribution in [3.63, 3.8) is 0 Å². The predicted octanol–water partition coefficient (Wildman–Crippen LogP) is 3.45. The summed E-state index contributed by atoms with van der Waals surface area (Å²) in [6.07, 6.45) is 0. The van der Waals surface area contributed by atoms with Gasteiger partial charge in [-0.05, 0) is 38.1 Å². The third-order valence-electron chi connectivity index (χ3n) is 4.51. The van der Waals surface area contributed by atoms with Crippen molar-refractivity contribution in [2.45, 2.75) is 19.4 Å². The Morgan fingerprint density at radius 1 is 1.23 bits per heavy atom. The summed E-state index contributed by atoms with van der Waals surface area (Å²) in [7, 11) is 0. The average molecular weight is 368 g/mol. The molecule has 1 saturated heterocycles. The normalized spacial score (nSPS) is 20.0. The van der Waals surface area contributed by atoms with Crippen LogP contribution in [-0.2, 0) is 10.3 Å². The monoisotopic (exact) mass is 368 g/mol. The first kappa shape index (κ1) is 16.5. The Bertz CT molecular complexity index is 1020. The van der Waals surface area contributed by atoms with Crippen LogP contribution in [-0.4, -0.2) is 29.2 Å². The Balaban J connectivity index is 1.62. The fraction of sp³-hybridized carbons (Fsp3) is 0.211. The van der Waals surface area contributed by atoms with E-state index in [-0.39, 0.29) is 12.3 Å². The molecule has 2 aromatic heterocycles. The summed E-state index contributed by atoms with van der Waals surface area (Å²) in [4.78, 5) is 40.2. The molecule has 0 radical (unpaired) electrons. The van der Waals surface area contributed by atoms with E-state index in [4.69, 9.17) is 4.42 Å². The highest BCUT2D eigenvalue weighted by atomic mass is 32.1. The van der Waals surface area contributed by atoms with Crippen molar-refractivity contribution >= 4 is 40.0 Å². The van der Waals surface area contributed by atoms with Gasteiger partial charge in [0.25, 0.3) is 5.91 Å². The highest BCUT2D eigenvalue weighted by molar-refractivity contribution is 7.14. The van der Waals surface area contributed by atoms with E-state index in [2.05, 4.69) is 5.32 Å².